The normalized spacial score (nSPS) is 9.94. The van der Waals surface area contributed by atoms with Gasteiger partial charge in [-0.05, 0) is 40.2 Å². The molecule has 3 N–H and O–H groups in total. The van der Waals surface area contributed by atoms with Gasteiger partial charge in [0, 0.05) is 10.7 Å². The van der Waals surface area contributed by atoms with E-state index in [2.05, 4.69) is 26.2 Å². The Kier molecular flexibility index (Phi) is 3.71. The summed E-state index contributed by atoms with van der Waals surface area (Å²) >= 11 is 8.45. The van der Waals surface area contributed by atoms with Crippen LogP contribution in [-0.4, -0.2) is 9.97 Å². The number of hydrogen-bond donors (Lipinski definition) is 2. The Morgan fingerprint density at radius 1 is 1.24 bits per heavy atom. The van der Waals surface area contributed by atoms with Gasteiger partial charge in [-0.15, -0.1) is 0 Å². The van der Waals surface area contributed by atoms with Gasteiger partial charge in [-0.25, -0.2) is 4.98 Å². The highest BCUT2D eigenvalue weighted by molar-refractivity contribution is 9.10. The molecule has 0 aliphatic carbocycles. The molecule has 5 heteroatoms. The molecule has 0 saturated carbocycles. The van der Waals surface area contributed by atoms with Crippen LogP contribution in [0.4, 0.5) is 11.5 Å². The summed E-state index contributed by atoms with van der Waals surface area (Å²) in [6.07, 6.45) is 1.70. The Bertz CT molecular complexity index is 557. The zero-order chi connectivity index (χ0) is 12.3. The number of halogens is 1. The molecule has 0 radical (unpaired) electrons. The highest BCUT2D eigenvalue weighted by Gasteiger charge is 2.07. The van der Waals surface area contributed by atoms with Crippen LogP contribution in [0.25, 0.3) is 0 Å². The second-order valence-electron chi connectivity index (χ2n) is 3.37. The molecule has 0 bridgehead atoms. The lowest BCUT2D eigenvalue weighted by Gasteiger charge is -2.10. The van der Waals surface area contributed by atoms with Gasteiger partial charge in [0.25, 0.3) is 0 Å². The molecule has 0 aliphatic rings. The summed E-state index contributed by atoms with van der Waals surface area (Å²) in [5.41, 5.74) is 7.30. The first kappa shape index (κ1) is 12.0. The van der Waals surface area contributed by atoms with Crippen molar-refractivity contribution in [3.8, 4) is 0 Å². The molecule has 2 aromatic rings. The number of anilines is 2. The molecule has 17 heavy (non-hydrogen) atoms. The van der Waals surface area contributed by atoms with Gasteiger partial charge in [0.05, 0.1) is 11.3 Å². The number of rotatable bonds is 3. The van der Waals surface area contributed by atoms with Crippen molar-refractivity contribution in [3.05, 3.63) is 52.6 Å². The molecule has 0 unspecified atom stereocenters. The molecule has 1 aromatic heterocycles. The maximum Gasteiger partial charge on any atom is 0.140 e. The third-order valence-corrected chi connectivity index (χ3v) is 3.11. The Morgan fingerprint density at radius 3 is 2.71 bits per heavy atom. The summed E-state index contributed by atoms with van der Waals surface area (Å²) in [6.45, 7) is 0. The zero-order valence-electron chi connectivity index (χ0n) is 8.85. The Morgan fingerprint density at radius 2 is 2.00 bits per heavy atom. The monoisotopic (exact) mass is 307 g/mol. The van der Waals surface area contributed by atoms with Crippen LogP contribution in [0.2, 0.25) is 0 Å². The van der Waals surface area contributed by atoms with Crippen LogP contribution >= 0.6 is 28.1 Å². The van der Waals surface area contributed by atoms with Crippen LogP contribution in [0.15, 0.2) is 47.1 Å². The van der Waals surface area contributed by atoms with Gasteiger partial charge >= 0.3 is 0 Å². The fourth-order valence-electron chi connectivity index (χ4n) is 1.39. The van der Waals surface area contributed by atoms with E-state index < -0.39 is 0 Å². The number of thiocarbonyl (C=S) groups is 1. The van der Waals surface area contributed by atoms with E-state index in [0.29, 0.717) is 10.8 Å². The number of nitrogens with two attached hydrogens (primary N) is 1. The van der Waals surface area contributed by atoms with Crippen LogP contribution in [0.5, 0.6) is 0 Å². The second-order valence-corrected chi connectivity index (χ2v) is 4.66. The molecule has 3 nitrogen and oxygen atoms in total. The fourth-order valence-corrected chi connectivity index (χ4v) is 1.94. The lowest BCUT2D eigenvalue weighted by atomic mass is 10.2. The van der Waals surface area contributed by atoms with Crippen LogP contribution in [0.1, 0.15) is 5.56 Å². The highest BCUT2D eigenvalue weighted by Crippen LogP contribution is 2.25. The van der Waals surface area contributed by atoms with Crippen molar-refractivity contribution in [1.82, 2.24) is 4.98 Å². The van der Waals surface area contributed by atoms with Gasteiger partial charge < -0.3 is 11.1 Å². The quantitative estimate of drug-likeness (QED) is 0.855. The molecule has 86 valence electrons. The highest BCUT2D eigenvalue weighted by atomic mass is 79.9. The van der Waals surface area contributed by atoms with Crippen molar-refractivity contribution < 1.29 is 0 Å². The number of nitrogens with zero attached hydrogens (tertiary/aromatic N) is 1. The number of benzene rings is 1. The van der Waals surface area contributed by atoms with E-state index >= 15 is 0 Å². The predicted molar refractivity (Wildman–Crippen MR) is 77.5 cm³/mol. The Labute approximate surface area is 113 Å². The van der Waals surface area contributed by atoms with Crippen molar-refractivity contribution in [2.45, 2.75) is 0 Å². The number of hydrogen-bond acceptors (Lipinski definition) is 3. The van der Waals surface area contributed by atoms with Crippen LogP contribution in [-0.2, 0) is 0 Å². The third-order valence-electron chi connectivity index (χ3n) is 2.20. The van der Waals surface area contributed by atoms with Crippen molar-refractivity contribution in [2.75, 3.05) is 5.32 Å². The smallest absolute Gasteiger partial charge is 0.140 e. The minimum Gasteiger partial charge on any atom is -0.389 e. The van der Waals surface area contributed by atoms with Gasteiger partial charge in [0.2, 0.25) is 0 Å². The maximum absolute atomic E-state index is 5.65. The SMILES string of the molecule is NC(=S)c1cccnc1Nc1ccccc1Br. The van der Waals surface area contributed by atoms with E-state index in [1.165, 1.54) is 0 Å². The van der Waals surface area contributed by atoms with Crippen molar-refractivity contribution in [2.24, 2.45) is 5.73 Å². The van der Waals surface area contributed by atoms with Gasteiger partial charge in [-0.1, -0.05) is 24.4 Å². The molecule has 1 heterocycles. The van der Waals surface area contributed by atoms with Crippen molar-refractivity contribution >= 4 is 44.6 Å². The first-order valence-electron chi connectivity index (χ1n) is 4.95. The summed E-state index contributed by atoms with van der Waals surface area (Å²) in [7, 11) is 0. The molecule has 0 amide bonds. The summed E-state index contributed by atoms with van der Waals surface area (Å²) in [5, 5.41) is 3.20. The molecule has 0 spiro atoms. The van der Waals surface area contributed by atoms with E-state index in [1.54, 1.807) is 12.3 Å². The van der Waals surface area contributed by atoms with E-state index in [0.717, 1.165) is 15.7 Å². The molecular formula is C12H10BrN3S. The predicted octanol–water partition coefficient (Wildman–Crippen LogP) is 3.22. The van der Waals surface area contributed by atoms with Gasteiger partial charge in [0.15, 0.2) is 0 Å². The Balaban J connectivity index is 2.37. The van der Waals surface area contributed by atoms with Crippen LogP contribution in [0, 0.1) is 0 Å². The standard InChI is InChI=1S/C12H10BrN3S/c13-9-5-1-2-6-10(9)16-12-8(11(14)17)4-3-7-15-12/h1-7H,(H2,14,17)(H,15,16). The van der Waals surface area contributed by atoms with Crippen LogP contribution in [0.3, 0.4) is 0 Å². The van der Waals surface area contributed by atoms with Gasteiger partial charge in [-0.2, -0.15) is 0 Å². The molecule has 1 aromatic carbocycles. The van der Waals surface area contributed by atoms with E-state index in [9.17, 15) is 0 Å². The summed E-state index contributed by atoms with van der Waals surface area (Å²) < 4.78 is 0.958. The summed E-state index contributed by atoms with van der Waals surface area (Å²) in [5.74, 6) is 0.659. The summed E-state index contributed by atoms with van der Waals surface area (Å²) in [6, 6.07) is 11.4. The third kappa shape index (κ3) is 2.81. The van der Waals surface area contributed by atoms with Crippen LogP contribution < -0.4 is 11.1 Å². The molecule has 0 atom stereocenters. The molecule has 2 rings (SSSR count). The van der Waals surface area contributed by atoms with Gasteiger partial charge in [-0.3, -0.25) is 0 Å². The number of aromatic nitrogens is 1. The average molecular weight is 308 g/mol. The van der Waals surface area contributed by atoms with E-state index in [4.69, 9.17) is 18.0 Å². The summed E-state index contributed by atoms with van der Waals surface area (Å²) in [4.78, 5) is 4.56. The number of para-hydroxylation sites is 1. The minimum atomic E-state index is 0.327. The van der Waals surface area contributed by atoms with Crippen molar-refractivity contribution in [3.63, 3.8) is 0 Å². The maximum atomic E-state index is 5.65. The van der Waals surface area contributed by atoms with E-state index in [1.807, 2.05) is 30.3 Å². The fraction of sp³-hybridized carbons (Fsp3) is 0. The first-order chi connectivity index (χ1) is 8.18. The molecule has 0 fully saturated rings. The molecule has 0 saturated heterocycles. The second kappa shape index (κ2) is 5.25. The topological polar surface area (TPSA) is 50.9 Å². The number of pyridine rings is 1. The lowest BCUT2D eigenvalue weighted by molar-refractivity contribution is 1.29. The molecule has 0 aliphatic heterocycles. The lowest BCUT2D eigenvalue weighted by Crippen LogP contribution is -2.12. The molecular weight excluding hydrogens is 298 g/mol. The Hall–Kier alpha value is -1.46. The largest absolute Gasteiger partial charge is 0.389 e. The number of nitrogens with one attached hydrogen (secondary N) is 1. The zero-order valence-corrected chi connectivity index (χ0v) is 11.3. The first-order valence-corrected chi connectivity index (χ1v) is 6.15. The van der Waals surface area contributed by atoms with Crippen molar-refractivity contribution in [1.29, 1.82) is 0 Å². The van der Waals surface area contributed by atoms with E-state index in [-0.39, 0.29) is 0 Å². The van der Waals surface area contributed by atoms with Gasteiger partial charge in [0.1, 0.15) is 10.8 Å². The minimum absolute atomic E-state index is 0.327. The average Bonchev–Trinajstić information content (AvgIpc) is 2.32.